The van der Waals surface area contributed by atoms with Crippen LogP contribution in [-0.2, 0) is 4.74 Å². The third-order valence-corrected chi connectivity index (χ3v) is 3.26. The predicted octanol–water partition coefficient (Wildman–Crippen LogP) is 3.87. The fraction of sp³-hybridized carbons (Fsp3) is 0.429. The number of hydrogen-bond acceptors (Lipinski definition) is 1. The van der Waals surface area contributed by atoms with Crippen LogP contribution < -0.4 is 0 Å². The van der Waals surface area contributed by atoms with E-state index in [1.165, 1.54) is 5.56 Å². The molecule has 1 nitrogen and oxygen atoms in total. The van der Waals surface area contributed by atoms with Gasteiger partial charge in [0.2, 0.25) is 0 Å². The van der Waals surface area contributed by atoms with Crippen LogP contribution in [0.4, 0.5) is 0 Å². The van der Waals surface area contributed by atoms with Gasteiger partial charge < -0.3 is 4.74 Å². The molecule has 80 valence electrons. The van der Waals surface area contributed by atoms with Crippen LogP contribution in [0.3, 0.4) is 0 Å². The monoisotopic (exact) mass is 202 g/mol. The minimum atomic E-state index is -0.0273. The zero-order valence-electron chi connectivity index (χ0n) is 9.44. The summed E-state index contributed by atoms with van der Waals surface area (Å²) in [4.78, 5) is 0. The van der Waals surface area contributed by atoms with Gasteiger partial charge in [0.25, 0.3) is 0 Å². The molecule has 1 aromatic rings. The topological polar surface area (TPSA) is 9.23 Å². The van der Waals surface area contributed by atoms with Crippen molar-refractivity contribution in [1.82, 2.24) is 0 Å². The van der Waals surface area contributed by atoms with Gasteiger partial charge in [0.15, 0.2) is 0 Å². The molecule has 0 aromatic heterocycles. The lowest BCUT2D eigenvalue weighted by Gasteiger charge is -2.26. The number of rotatable bonds is 3. The molecular formula is C14H18O. The molecule has 0 aliphatic carbocycles. The van der Waals surface area contributed by atoms with E-state index in [0.717, 1.165) is 12.8 Å². The molecule has 0 saturated heterocycles. The zero-order valence-corrected chi connectivity index (χ0v) is 9.44. The smallest absolute Gasteiger partial charge is 0.102 e. The van der Waals surface area contributed by atoms with Crippen molar-refractivity contribution < 1.29 is 4.74 Å². The van der Waals surface area contributed by atoms with Crippen molar-refractivity contribution in [2.24, 2.45) is 0 Å². The second-order valence-corrected chi connectivity index (χ2v) is 4.08. The van der Waals surface area contributed by atoms with Crippen molar-refractivity contribution in [2.75, 3.05) is 0 Å². The Morgan fingerprint density at radius 1 is 1.13 bits per heavy atom. The number of hydrogen-bond donors (Lipinski definition) is 0. The van der Waals surface area contributed by atoms with Crippen LogP contribution in [0.5, 0.6) is 0 Å². The van der Waals surface area contributed by atoms with Gasteiger partial charge in [-0.05, 0) is 18.4 Å². The maximum Gasteiger partial charge on any atom is 0.102 e. The average molecular weight is 202 g/mol. The van der Waals surface area contributed by atoms with Crippen molar-refractivity contribution in [3.05, 3.63) is 48.0 Å². The molecule has 0 radical (unpaired) electrons. The minimum Gasteiger partial charge on any atom is -0.359 e. The van der Waals surface area contributed by atoms with E-state index in [4.69, 9.17) is 4.74 Å². The Labute approximate surface area is 91.8 Å². The van der Waals surface area contributed by atoms with Crippen LogP contribution in [0.25, 0.3) is 0 Å². The lowest BCUT2D eigenvalue weighted by molar-refractivity contribution is -0.0297. The van der Waals surface area contributed by atoms with Crippen LogP contribution in [0.2, 0.25) is 0 Å². The number of benzene rings is 1. The van der Waals surface area contributed by atoms with Crippen molar-refractivity contribution in [2.45, 2.75) is 38.4 Å². The summed E-state index contributed by atoms with van der Waals surface area (Å²) in [6.07, 6.45) is 6.64. The van der Waals surface area contributed by atoms with E-state index < -0.39 is 0 Å². The zero-order chi connectivity index (χ0) is 10.7. The van der Waals surface area contributed by atoms with Gasteiger partial charge in [-0.2, -0.15) is 0 Å². The maximum absolute atomic E-state index is 6.12. The van der Waals surface area contributed by atoms with Gasteiger partial charge in [0.05, 0.1) is 5.60 Å². The summed E-state index contributed by atoms with van der Waals surface area (Å²) in [5, 5.41) is 0. The first-order valence-electron chi connectivity index (χ1n) is 5.72. The van der Waals surface area contributed by atoms with E-state index in [1.54, 1.807) is 0 Å². The van der Waals surface area contributed by atoms with Crippen LogP contribution in [0.15, 0.2) is 42.5 Å². The van der Waals surface area contributed by atoms with E-state index >= 15 is 0 Å². The first kappa shape index (κ1) is 10.4. The molecule has 1 atom stereocenters. The highest BCUT2D eigenvalue weighted by Gasteiger charge is 2.32. The van der Waals surface area contributed by atoms with Crippen LogP contribution >= 0.6 is 0 Å². The fourth-order valence-electron chi connectivity index (χ4n) is 2.07. The molecule has 1 heteroatoms. The minimum absolute atomic E-state index is 0.0273. The largest absolute Gasteiger partial charge is 0.359 e. The highest BCUT2D eigenvalue weighted by Crippen LogP contribution is 2.37. The Morgan fingerprint density at radius 3 is 2.33 bits per heavy atom. The Hall–Kier alpha value is -1.08. The second kappa shape index (κ2) is 4.19. The molecule has 0 spiro atoms. The van der Waals surface area contributed by atoms with Gasteiger partial charge in [-0.15, -0.1) is 0 Å². The third-order valence-electron chi connectivity index (χ3n) is 3.26. The van der Waals surface area contributed by atoms with Gasteiger partial charge in [-0.3, -0.25) is 0 Å². The molecule has 1 heterocycles. The molecule has 0 amide bonds. The quantitative estimate of drug-likeness (QED) is 0.676. The summed E-state index contributed by atoms with van der Waals surface area (Å²) in [7, 11) is 0. The Bertz CT molecular complexity index is 336. The molecule has 0 bridgehead atoms. The van der Waals surface area contributed by atoms with Crippen molar-refractivity contribution in [3.63, 3.8) is 0 Å². The van der Waals surface area contributed by atoms with Crippen molar-refractivity contribution >= 4 is 0 Å². The van der Waals surface area contributed by atoms with E-state index in [0.29, 0.717) is 0 Å². The Morgan fingerprint density at radius 2 is 1.80 bits per heavy atom. The first-order valence-corrected chi connectivity index (χ1v) is 5.72. The molecule has 1 aliphatic heterocycles. The summed E-state index contributed by atoms with van der Waals surface area (Å²) in [5.41, 5.74) is 1.22. The van der Waals surface area contributed by atoms with Crippen molar-refractivity contribution in [3.8, 4) is 0 Å². The fourth-order valence-corrected chi connectivity index (χ4v) is 2.07. The molecule has 2 rings (SSSR count). The standard InChI is InChI=1S/C14H18O/c1-3-14(4-2)11-10-13(15-14)12-8-6-5-7-9-12/h5-11,13H,3-4H2,1-2H3. The molecule has 1 aromatic carbocycles. The molecule has 1 aliphatic rings. The lowest BCUT2D eigenvalue weighted by Crippen LogP contribution is -2.25. The van der Waals surface area contributed by atoms with E-state index in [1.807, 2.05) is 6.07 Å². The Balaban J connectivity index is 2.15. The second-order valence-electron chi connectivity index (χ2n) is 4.08. The van der Waals surface area contributed by atoms with Crippen LogP contribution in [0, 0.1) is 0 Å². The Kier molecular flexibility index (Phi) is 2.92. The summed E-state index contributed by atoms with van der Waals surface area (Å²) in [6.45, 7) is 4.36. The molecule has 0 fully saturated rings. The van der Waals surface area contributed by atoms with Gasteiger partial charge in [0.1, 0.15) is 6.10 Å². The van der Waals surface area contributed by atoms with E-state index in [-0.39, 0.29) is 11.7 Å². The van der Waals surface area contributed by atoms with Gasteiger partial charge in [0, 0.05) is 0 Å². The number of ether oxygens (including phenoxy) is 1. The summed E-state index contributed by atoms with van der Waals surface area (Å²) in [6, 6.07) is 10.4. The van der Waals surface area contributed by atoms with Crippen molar-refractivity contribution in [1.29, 1.82) is 0 Å². The lowest BCUT2D eigenvalue weighted by atomic mass is 9.98. The molecule has 1 unspecified atom stereocenters. The van der Waals surface area contributed by atoms with Gasteiger partial charge in [-0.25, -0.2) is 0 Å². The molecular weight excluding hydrogens is 184 g/mol. The van der Waals surface area contributed by atoms with Gasteiger partial charge in [-0.1, -0.05) is 56.3 Å². The van der Waals surface area contributed by atoms with Crippen LogP contribution in [-0.4, -0.2) is 5.60 Å². The first-order chi connectivity index (χ1) is 7.29. The maximum atomic E-state index is 6.12. The highest BCUT2D eigenvalue weighted by molar-refractivity contribution is 5.25. The normalized spacial score (nSPS) is 23.2. The van der Waals surface area contributed by atoms with Gasteiger partial charge >= 0.3 is 0 Å². The molecule has 15 heavy (non-hydrogen) atoms. The molecule has 0 N–H and O–H groups in total. The predicted molar refractivity (Wildman–Crippen MR) is 62.7 cm³/mol. The molecule has 0 saturated carbocycles. The average Bonchev–Trinajstić information content (AvgIpc) is 2.75. The summed E-state index contributed by atoms with van der Waals surface area (Å²) < 4.78 is 6.12. The SMILES string of the molecule is CCC1(CC)C=CC(c2ccccc2)O1. The van der Waals surface area contributed by atoms with E-state index in [2.05, 4.69) is 50.3 Å². The summed E-state index contributed by atoms with van der Waals surface area (Å²) >= 11 is 0. The highest BCUT2D eigenvalue weighted by atomic mass is 16.5. The third kappa shape index (κ3) is 1.98. The van der Waals surface area contributed by atoms with E-state index in [9.17, 15) is 0 Å². The summed E-state index contributed by atoms with van der Waals surface area (Å²) in [5.74, 6) is 0. The van der Waals surface area contributed by atoms with Crippen LogP contribution in [0.1, 0.15) is 38.4 Å².